The second kappa shape index (κ2) is 7.27. The molecular formula is C19H21NO4S. The Morgan fingerprint density at radius 2 is 2.08 bits per heavy atom. The number of ketones is 1. The molecular weight excluding hydrogens is 338 g/mol. The van der Waals surface area contributed by atoms with E-state index in [1.54, 1.807) is 12.1 Å². The molecule has 0 saturated heterocycles. The maximum absolute atomic E-state index is 12.3. The minimum absolute atomic E-state index is 0.0347. The molecule has 6 heteroatoms. The molecule has 1 N–H and O–H groups in total. The summed E-state index contributed by atoms with van der Waals surface area (Å²) in [5.74, 6) is 1.40. The molecule has 132 valence electrons. The number of hydrogen-bond donors (Lipinski definition) is 1. The Hall–Kier alpha value is -2.34. The summed E-state index contributed by atoms with van der Waals surface area (Å²) >= 11 is 1.20. The van der Waals surface area contributed by atoms with E-state index in [1.165, 1.54) is 18.3 Å². The first-order valence-corrected chi connectivity index (χ1v) is 9.13. The Labute approximate surface area is 151 Å². The molecule has 0 aliphatic carbocycles. The third kappa shape index (κ3) is 3.85. The van der Waals surface area contributed by atoms with Crippen molar-refractivity contribution in [3.05, 3.63) is 45.1 Å². The molecule has 0 bridgehead atoms. The predicted octanol–water partition coefficient (Wildman–Crippen LogP) is 3.60. The van der Waals surface area contributed by atoms with Crippen molar-refractivity contribution in [2.45, 2.75) is 39.8 Å². The maximum Gasteiger partial charge on any atom is 0.261 e. The average molecular weight is 359 g/mol. The lowest BCUT2D eigenvalue weighted by atomic mass is 10.1. The zero-order valence-corrected chi connectivity index (χ0v) is 15.4. The zero-order chi connectivity index (χ0) is 18.0. The normalized spacial score (nSPS) is 15.4. The van der Waals surface area contributed by atoms with Crippen molar-refractivity contribution in [3.63, 3.8) is 0 Å². The fraction of sp³-hybridized carbons (Fsp3) is 0.368. The van der Waals surface area contributed by atoms with Gasteiger partial charge in [0.15, 0.2) is 5.78 Å². The molecule has 0 unspecified atom stereocenters. The lowest BCUT2D eigenvalue weighted by Crippen LogP contribution is -2.22. The van der Waals surface area contributed by atoms with Gasteiger partial charge in [0.1, 0.15) is 17.6 Å². The molecule has 3 rings (SSSR count). The van der Waals surface area contributed by atoms with Crippen molar-refractivity contribution in [2.75, 3.05) is 6.61 Å². The lowest BCUT2D eigenvalue weighted by Gasteiger charge is -2.13. The second-order valence-electron chi connectivity index (χ2n) is 6.04. The van der Waals surface area contributed by atoms with Crippen molar-refractivity contribution in [2.24, 2.45) is 0 Å². The molecule has 0 radical (unpaired) electrons. The Morgan fingerprint density at radius 1 is 1.32 bits per heavy atom. The third-order valence-electron chi connectivity index (χ3n) is 4.00. The molecule has 2 aromatic rings. The number of nitrogens with one attached hydrogen (secondary N) is 1. The summed E-state index contributed by atoms with van der Waals surface area (Å²) in [5, 5.41) is 2.89. The van der Waals surface area contributed by atoms with Gasteiger partial charge in [-0.1, -0.05) is 0 Å². The van der Waals surface area contributed by atoms with Crippen molar-refractivity contribution < 1.29 is 19.1 Å². The van der Waals surface area contributed by atoms with Crippen LogP contribution in [0.25, 0.3) is 0 Å². The summed E-state index contributed by atoms with van der Waals surface area (Å²) in [6, 6.07) is 7.30. The van der Waals surface area contributed by atoms with Crippen LogP contribution in [0, 0.1) is 0 Å². The molecule has 1 aromatic carbocycles. The van der Waals surface area contributed by atoms with Crippen LogP contribution < -0.4 is 14.8 Å². The number of rotatable bonds is 6. The number of Topliss-reactive ketones (excluding diaryl/α,β-unsaturated/α-hetero) is 1. The lowest BCUT2D eigenvalue weighted by molar-refractivity contribution is 0.0954. The van der Waals surface area contributed by atoms with E-state index in [1.807, 2.05) is 26.0 Å². The largest absolute Gasteiger partial charge is 0.494 e. The topological polar surface area (TPSA) is 64.6 Å². The predicted molar refractivity (Wildman–Crippen MR) is 96.9 cm³/mol. The summed E-state index contributed by atoms with van der Waals surface area (Å²) in [7, 11) is 0. The Balaban J connectivity index is 1.74. The first-order chi connectivity index (χ1) is 12.0. The summed E-state index contributed by atoms with van der Waals surface area (Å²) in [6.07, 6.45) is 1.02. The van der Waals surface area contributed by atoms with Gasteiger partial charge in [-0.15, -0.1) is 11.3 Å². The standard InChI is InChI=1S/C19H21NO4S/c1-4-23-15-8-13-7-11(2)24-16(13)9-14(15)10-20-19(22)18-6-5-17(25-18)12(3)21/h5-6,8-9,11H,4,7,10H2,1-3H3,(H,20,22)/t11-/m0/s1. The quantitative estimate of drug-likeness (QED) is 0.801. The number of ether oxygens (including phenoxy) is 2. The van der Waals surface area contributed by atoms with Crippen molar-refractivity contribution in [3.8, 4) is 11.5 Å². The van der Waals surface area contributed by atoms with Crippen LogP contribution >= 0.6 is 11.3 Å². The summed E-state index contributed by atoms with van der Waals surface area (Å²) in [4.78, 5) is 24.8. The first kappa shape index (κ1) is 17.5. The van der Waals surface area contributed by atoms with Gasteiger partial charge in [-0.3, -0.25) is 9.59 Å². The van der Waals surface area contributed by atoms with E-state index in [4.69, 9.17) is 9.47 Å². The highest BCUT2D eigenvalue weighted by Crippen LogP contribution is 2.35. The molecule has 1 aliphatic rings. The summed E-state index contributed by atoms with van der Waals surface area (Å²) in [5.41, 5.74) is 2.02. The number of carbonyl (C=O) groups is 2. The highest BCUT2D eigenvalue weighted by Gasteiger charge is 2.22. The van der Waals surface area contributed by atoms with Crippen LogP contribution in [0.5, 0.6) is 11.5 Å². The van der Waals surface area contributed by atoms with Crippen LogP contribution in [-0.4, -0.2) is 24.4 Å². The average Bonchev–Trinajstić information content (AvgIpc) is 3.18. The van der Waals surface area contributed by atoms with Crippen molar-refractivity contribution in [1.82, 2.24) is 5.32 Å². The first-order valence-electron chi connectivity index (χ1n) is 8.32. The van der Waals surface area contributed by atoms with Gasteiger partial charge in [-0.2, -0.15) is 0 Å². The smallest absolute Gasteiger partial charge is 0.261 e. The van der Waals surface area contributed by atoms with Crippen LogP contribution in [0.2, 0.25) is 0 Å². The third-order valence-corrected chi connectivity index (χ3v) is 5.18. The van der Waals surface area contributed by atoms with Gasteiger partial charge >= 0.3 is 0 Å². The monoisotopic (exact) mass is 359 g/mol. The summed E-state index contributed by atoms with van der Waals surface area (Å²) < 4.78 is 11.5. The van der Waals surface area contributed by atoms with Crippen LogP contribution in [0.3, 0.4) is 0 Å². The minimum atomic E-state index is -0.199. The molecule has 2 heterocycles. The van der Waals surface area contributed by atoms with E-state index in [-0.39, 0.29) is 17.8 Å². The van der Waals surface area contributed by atoms with Crippen LogP contribution in [0.1, 0.15) is 51.2 Å². The maximum atomic E-state index is 12.3. The number of carbonyl (C=O) groups excluding carboxylic acids is 2. The van der Waals surface area contributed by atoms with E-state index < -0.39 is 0 Å². The van der Waals surface area contributed by atoms with E-state index in [0.717, 1.165) is 29.0 Å². The van der Waals surface area contributed by atoms with Crippen LogP contribution in [0.4, 0.5) is 0 Å². The van der Waals surface area contributed by atoms with Gasteiger partial charge in [0, 0.05) is 24.1 Å². The van der Waals surface area contributed by atoms with Gasteiger partial charge < -0.3 is 14.8 Å². The van der Waals surface area contributed by atoms with E-state index in [0.29, 0.717) is 22.9 Å². The molecule has 1 atom stereocenters. The number of benzene rings is 1. The molecule has 1 aromatic heterocycles. The second-order valence-corrected chi connectivity index (χ2v) is 7.12. The van der Waals surface area contributed by atoms with E-state index in [9.17, 15) is 9.59 Å². The van der Waals surface area contributed by atoms with Gasteiger partial charge in [-0.05, 0) is 45.0 Å². The molecule has 5 nitrogen and oxygen atoms in total. The number of hydrogen-bond acceptors (Lipinski definition) is 5. The van der Waals surface area contributed by atoms with E-state index >= 15 is 0 Å². The molecule has 1 amide bonds. The van der Waals surface area contributed by atoms with Gasteiger partial charge in [-0.25, -0.2) is 0 Å². The Kier molecular flexibility index (Phi) is 5.08. The van der Waals surface area contributed by atoms with Crippen LogP contribution in [-0.2, 0) is 13.0 Å². The molecule has 1 aliphatic heterocycles. The fourth-order valence-electron chi connectivity index (χ4n) is 2.82. The number of fused-ring (bicyclic) bond motifs is 1. The fourth-order valence-corrected chi connectivity index (χ4v) is 3.64. The van der Waals surface area contributed by atoms with Crippen LogP contribution in [0.15, 0.2) is 24.3 Å². The Bertz CT molecular complexity index is 812. The minimum Gasteiger partial charge on any atom is -0.494 e. The number of amides is 1. The molecule has 0 fully saturated rings. The Morgan fingerprint density at radius 3 is 2.76 bits per heavy atom. The number of thiophene rings is 1. The van der Waals surface area contributed by atoms with Crippen molar-refractivity contribution in [1.29, 1.82) is 0 Å². The highest BCUT2D eigenvalue weighted by atomic mass is 32.1. The van der Waals surface area contributed by atoms with Gasteiger partial charge in [0.25, 0.3) is 5.91 Å². The molecule has 0 saturated carbocycles. The SMILES string of the molecule is CCOc1cc2c(cc1CNC(=O)c1ccc(C(C)=O)s1)O[C@@H](C)C2. The zero-order valence-electron chi connectivity index (χ0n) is 14.5. The molecule has 0 spiro atoms. The van der Waals surface area contributed by atoms with Gasteiger partial charge in [0.05, 0.1) is 16.4 Å². The van der Waals surface area contributed by atoms with Crippen molar-refractivity contribution >= 4 is 23.0 Å². The van der Waals surface area contributed by atoms with E-state index in [2.05, 4.69) is 5.32 Å². The summed E-state index contributed by atoms with van der Waals surface area (Å²) in [6.45, 7) is 6.36. The highest BCUT2D eigenvalue weighted by molar-refractivity contribution is 7.15. The van der Waals surface area contributed by atoms with Gasteiger partial charge in [0.2, 0.25) is 0 Å². The molecule has 25 heavy (non-hydrogen) atoms.